The first-order valence-corrected chi connectivity index (χ1v) is 12.0. The molecule has 33 heavy (non-hydrogen) atoms. The van der Waals surface area contributed by atoms with Crippen molar-refractivity contribution in [1.82, 2.24) is 14.9 Å². The minimum atomic E-state index is -3.69. The van der Waals surface area contributed by atoms with E-state index in [1.165, 1.54) is 0 Å². The van der Waals surface area contributed by atoms with Crippen molar-refractivity contribution in [3.05, 3.63) is 64.8 Å². The average molecular weight is 469 g/mol. The number of anilines is 2. The molecule has 1 aliphatic rings. The molecule has 4 rings (SSSR count). The number of sulfone groups is 1. The number of carbonyl (C=O) groups is 1. The van der Waals surface area contributed by atoms with E-state index in [1.54, 1.807) is 31.3 Å². The van der Waals surface area contributed by atoms with Crippen LogP contribution in [-0.2, 0) is 22.9 Å². The van der Waals surface area contributed by atoms with Gasteiger partial charge in [-0.2, -0.15) is 4.98 Å². The first kappa shape index (κ1) is 22.5. The molecule has 0 radical (unpaired) electrons. The minimum Gasteiger partial charge on any atom is -0.497 e. The highest BCUT2D eigenvalue weighted by Crippen LogP contribution is 2.33. The van der Waals surface area contributed by atoms with Gasteiger partial charge in [0.1, 0.15) is 22.9 Å². The van der Waals surface area contributed by atoms with Gasteiger partial charge in [-0.05, 0) is 36.8 Å². The smallest absolute Gasteiger partial charge is 0.260 e. The number of hydrogen-bond acceptors (Lipinski definition) is 8. The predicted octanol–water partition coefficient (Wildman–Crippen LogP) is 3.11. The Hall–Kier alpha value is -3.66. The quantitative estimate of drug-likeness (QED) is 0.527. The Labute approximate surface area is 192 Å². The van der Waals surface area contributed by atoms with Gasteiger partial charge in [-0.3, -0.25) is 4.79 Å². The highest BCUT2D eigenvalue weighted by atomic mass is 32.2. The van der Waals surface area contributed by atoms with Crippen LogP contribution in [0.1, 0.15) is 27.2 Å². The topological polar surface area (TPSA) is 111 Å². The molecule has 10 heteroatoms. The molecule has 0 saturated carbocycles. The maximum absolute atomic E-state index is 13.4. The van der Waals surface area contributed by atoms with Crippen LogP contribution in [-0.4, -0.2) is 49.7 Å². The largest absolute Gasteiger partial charge is 0.497 e. The van der Waals surface area contributed by atoms with E-state index in [4.69, 9.17) is 9.47 Å². The molecule has 0 aliphatic carbocycles. The van der Waals surface area contributed by atoms with Crippen LogP contribution < -0.4 is 14.8 Å². The van der Waals surface area contributed by atoms with E-state index in [0.29, 0.717) is 22.9 Å². The van der Waals surface area contributed by atoms with Crippen LogP contribution in [0.3, 0.4) is 0 Å². The Morgan fingerprint density at radius 3 is 2.55 bits per heavy atom. The second kappa shape index (κ2) is 8.70. The molecule has 0 unspecified atom stereocenters. The molecule has 1 amide bonds. The second-order valence-electron chi connectivity index (χ2n) is 7.78. The normalized spacial score (nSPS) is 13.1. The molecule has 1 aromatic heterocycles. The number of hydrogen-bond donors (Lipinski definition) is 1. The van der Waals surface area contributed by atoms with Crippen LogP contribution in [0, 0.1) is 6.92 Å². The summed E-state index contributed by atoms with van der Waals surface area (Å²) < 4.78 is 35.1. The van der Waals surface area contributed by atoms with Crippen molar-refractivity contribution >= 4 is 27.2 Å². The molecule has 1 aliphatic heterocycles. The van der Waals surface area contributed by atoms with Crippen molar-refractivity contribution in [2.45, 2.75) is 25.2 Å². The van der Waals surface area contributed by atoms with Gasteiger partial charge in [-0.15, -0.1) is 0 Å². The van der Waals surface area contributed by atoms with Gasteiger partial charge in [0.05, 0.1) is 33.0 Å². The number of amides is 1. The van der Waals surface area contributed by atoms with Crippen LogP contribution in [0.5, 0.6) is 11.5 Å². The summed E-state index contributed by atoms with van der Waals surface area (Å²) in [6.45, 7) is 2.34. The fraction of sp³-hybridized carbons (Fsp3) is 0.261. The summed E-state index contributed by atoms with van der Waals surface area (Å²) in [6, 6.07) is 12.9. The van der Waals surface area contributed by atoms with Crippen molar-refractivity contribution in [2.24, 2.45) is 0 Å². The molecular formula is C23H24N4O5S. The van der Waals surface area contributed by atoms with Crippen molar-refractivity contribution in [3.8, 4) is 11.5 Å². The maximum atomic E-state index is 13.4. The summed E-state index contributed by atoms with van der Waals surface area (Å²) in [5, 5.41) is 2.78. The van der Waals surface area contributed by atoms with E-state index in [9.17, 15) is 13.2 Å². The monoisotopic (exact) mass is 468 g/mol. The zero-order valence-corrected chi connectivity index (χ0v) is 19.6. The minimum absolute atomic E-state index is 0.150. The Balaban J connectivity index is 1.72. The van der Waals surface area contributed by atoms with E-state index in [-0.39, 0.29) is 35.5 Å². The van der Waals surface area contributed by atoms with Crippen LogP contribution in [0.4, 0.5) is 11.5 Å². The number of fused-ring (bicyclic) bond motifs is 1. The van der Waals surface area contributed by atoms with Gasteiger partial charge >= 0.3 is 0 Å². The number of rotatable bonds is 7. The zero-order chi connectivity index (χ0) is 23.8. The van der Waals surface area contributed by atoms with Gasteiger partial charge < -0.3 is 19.7 Å². The zero-order valence-electron chi connectivity index (χ0n) is 18.7. The van der Waals surface area contributed by atoms with Gasteiger partial charge in [0.2, 0.25) is 15.0 Å². The Bertz CT molecular complexity index is 1340. The van der Waals surface area contributed by atoms with Gasteiger partial charge in [0.15, 0.2) is 0 Å². The molecule has 172 valence electrons. The fourth-order valence-corrected chi connectivity index (χ4v) is 4.20. The lowest BCUT2D eigenvalue weighted by Crippen LogP contribution is -2.24. The number of aromatic nitrogens is 2. The van der Waals surface area contributed by atoms with Gasteiger partial charge in [-0.25, -0.2) is 13.4 Å². The predicted molar refractivity (Wildman–Crippen MR) is 123 cm³/mol. The Morgan fingerprint density at radius 1 is 1.09 bits per heavy atom. The first-order chi connectivity index (χ1) is 15.7. The molecule has 0 spiro atoms. The lowest BCUT2D eigenvalue weighted by atomic mass is 10.1. The molecule has 2 heterocycles. The average Bonchev–Trinajstić information content (AvgIpc) is 3.09. The molecule has 2 aromatic carbocycles. The highest BCUT2D eigenvalue weighted by molar-refractivity contribution is 7.90. The van der Waals surface area contributed by atoms with Crippen LogP contribution in [0.25, 0.3) is 0 Å². The summed E-state index contributed by atoms with van der Waals surface area (Å²) in [4.78, 5) is 23.3. The van der Waals surface area contributed by atoms with Gasteiger partial charge in [0.25, 0.3) is 5.91 Å². The van der Waals surface area contributed by atoms with Crippen LogP contribution >= 0.6 is 0 Å². The molecule has 1 N–H and O–H groups in total. The molecular weight excluding hydrogens is 444 g/mol. The van der Waals surface area contributed by atoms with E-state index in [0.717, 1.165) is 17.4 Å². The number of nitrogens with zero attached hydrogens (tertiary/aromatic N) is 3. The third kappa shape index (κ3) is 4.61. The van der Waals surface area contributed by atoms with E-state index in [2.05, 4.69) is 15.3 Å². The third-order valence-electron chi connectivity index (χ3n) is 5.27. The SMILES string of the molecule is COc1ccc(CN2Cc3nc(S(C)(=O)=O)nc(Nc4cccc(C)c4)c3C2=O)c(OC)c1. The second-order valence-corrected chi connectivity index (χ2v) is 9.69. The lowest BCUT2D eigenvalue weighted by Gasteiger charge is -2.18. The van der Waals surface area contributed by atoms with Crippen LogP contribution in [0.15, 0.2) is 47.6 Å². The standard InChI is InChI=1S/C23H24N4O5S/c1-14-6-5-7-16(10-14)24-21-20-18(25-23(26-21)33(4,29)30)13-27(22(20)28)12-15-8-9-17(31-2)11-19(15)32-3/h5-11H,12-13H2,1-4H3,(H,24,25,26). The summed E-state index contributed by atoms with van der Waals surface area (Å²) in [5.74, 6) is 1.09. The highest BCUT2D eigenvalue weighted by Gasteiger charge is 2.35. The number of methoxy groups -OCH3 is 2. The lowest BCUT2D eigenvalue weighted by molar-refractivity contribution is 0.0766. The van der Waals surface area contributed by atoms with Gasteiger partial charge in [-0.1, -0.05) is 12.1 Å². The Kier molecular flexibility index (Phi) is 5.94. The van der Waals surface area contributed by atoms with Crippen molar-refractivity contribution in [1.29, 1.82) is 0 Å². The van der Waals surface area contributed by atoms with Crippen molar-refractivity contribution < 1.29 is 22.7 Å². The molecule has 0 fully saturated rings. The van der Waals surface area contributed by atoms with Gasteiger partial charge in [0, 0.05) is 23.6 Å². The maximum Gasteiger partial charge on any atom is 0.260 e. The number of ether oxygens (including phenoxy) is 2. The summed E-state index contributed by atoms with van der Waals surface area (Å²) in [7, 11) is -0.572. The van der Waals surface area contributed by atoms with E-state index >= 15 is 0 Å². The molecule has 3 aromatic rings. The third-order valence-corrected chi connectivity index (χ3v) is 6.12. The van der Waals surface area contributed by atoms with Crippen molar-refractivity contribution in [3.63, 3.8) is 0 Å². The number of carbonyl (C=O) groups excluding carboxylic acids is 1. The van der Waals surface area contributed by atoms with Crippen molar-refractivity contribution in [2.75, 3.05) is 25.8 Å². The molecule has 0 bridgehead atoms. The first-order valence-electron chi connectivity index (χ1n) is 10.1. The number of aryl methyl sites for hydroxylation is 1. The molecule has 0 atom stereocenters. The number of benzene rings is 2. The van der Waals surface area contributed by atoms with Crippen LogP contribution in [0.2, 0.25) is 0 Å². The molecule has 9 nitrogen and oxygen atoms in total. The van der Waals surface area contributed by atoms with E-state index < -0.39 is 9.84 Å². The Morgan fingerprint density at radius 2 is 1.88 bits per heavy atom. The summed E-state index contributed by atoms with van der Waals surface area (Å²) >= 11 is 0. The molecule has 0 saturated heterocycles. The van der Waals surface area contributed by atoms with E-state index in [1.807, 2.05) is 37.3 Å². The number of nitrogens with one attached hydrogen (secondary N) is 1. The fourth-order valence-electron chi connectivity index (χ4n) is 3.67. The summed E-state index contributed by atoms with van der Waals surface area (Å²) in [6.07, 6.45) is 1.04. The summed E-state index contributed by atoms with van der Waals surface area (Å²) in [5.41, 5.74) is 3.10.